The van der Waals surface area contributed by atoms with E-state index in [9.17, 15) is 4.79 Å². The van der Waals surface area contributed by atoms with Crippen LogP contribution >= 0.6 is 0 Å². The molecule has 0 spiro atoms. The second-order valence-corrected chi connectivity index (χ2v) is 5.24. The monoisotopic (exact) mass is 258 g/mol. The normalized spacial score (nSPS) is 12.7. The summed E-state index contributed by atoms with van der Waals surface area (Å²) in [5.74, 6) is 0.0688. The third kappa shape index (κ3) is 2.09. The molecule has 0 saturated heterocycles. The summed E-state index contributed by atoms with van der Waals surface area (Å²) in [4.78, 5) is 13.1. The predicted molar refractivity (Wildman–Crippen MR) is 80.6 cm³/mol. The van der Waals surface area contributed by atoms with Gasteiger partial charge in [0, 0.05) is 17.0 Å². The van der Waals surface area contributed by atoms with Crippen molar-refractivity contribution >= 4 is 16.8 Å². The van der Waals surface area contributed by atoms with E-state index in [1.165, 1.54) is 0 Å². The number of aromatic nitrogens is 1. The Morgan fingerprint density at radius 1 is 1.21 bits per heavy atom. The summed E-state index contributed by atoms with van der Waals surface area (Å²) < 4.78 is 9.91. The molecule has 1 aromatic carbocycles. The molecule has 2 rings (SSSR count). The summed E-state index contributed by atoms with van der Waals surface area (Å²) in [6, 6.07) is 7.80. The fourth-order valence-electron chi connectivity index (χ4n) is 2.87. The highest BCUT2D eigenvalue weighted by molar-refractivity contribution is 5.96. The average Bonchev–Trinajstić information content (AvgIpc) is 2.74. The van der Waals surface area contributed by atoms with E-state index in [1.807, 2.05) is 31.2 Å². The number of hydrogen-bond donors (Lipinski definition) is 0. The molecule has 1 heterocycles. The van der Waals surface area contributed by atoms with Crippen molar-refractivity contribution in [2.24, 2.45) is 5.41 Å². The van der Waals surface area contributed by atoms with E-state index in [4.69, 9.17) is 1.37 Å². The molecular weight excluding hydrogens is 234 g/mol. The SMILES string of the molecule is [2H]c1c(C)c2ccccc2n1C(=O)C(CC)(CC)CC. The quantitative estimate of drug-likeness (QED) is 0.771. The molecule has 0 unspecified atom stereocenters. The lowest BCUT2D eigenvalue weighted by molar-refractivity contribution is 0.0675. The Balaban J connectivity index is 2.69. The zero-order chi connectivity index (χ0) is 14.9. The van der Waals surface area contributed by atoms with E-state index in [2.05, 4.69) is 20.8 Å². The molecule has 0 atom stereocenters. The molecule has 0 fully saturated rings. The van der Waals surface area contributed by atoms with Gasteiger partial charge in [-0.1, -0.05) is 39.0 Å². The van der Waals surface area contributed by atoms with E-state index in [0.717, 1.165) is 35.7 Å². The Labute approximate surface area is 116 Å². The molecule has 102 valence electrons. The largest absolute Gasteiger partial charge is 0.286 e. The van der Waals surface area contributed by atoms with Crippen LogP contribution in [0.15, 0.2) is 30.4 Å². The summed E-state index contributed by atoms with van der Waals surface area (Å²) in [6.45, 7) is 8.10. The number of carbonyl (C=O) groups excluding carboxylic acids is 1. The number of carbonyl (C=O) groups is 1. The van der Waals surface area contributed by atoms with Crippen LogP contribution in [0.3, 0.4) is 0 Å². The molecule has 0 N–H and O–H groups in total. The van der Waals surface area contributed by atoms with Gasteiger partial charge in [-0.25, -0.2) is 0 Å². The van der Waals surface area contributed by atoms with Gasteiger partial charge in [0.2, 0.25) is 5.91 Å². The Hall–Kier alpha value is -1.57. The lowest BCUT2D eigenvalue weighted by atomic mass is 9.79. The van der Waals surface area contributed by atoms with Crippen LogP contribution in [0.25, 0.3) is 10.9 Å². The number of fused-ring (bicyclic) bond motifs is 1. The maximum atomic E-state index is 13.1. The van der Waals surface area contributed by atoms with E-state index < -0.39 is 0 Å². The Morgan fingerprint density at radius 3 is 2.37 bits per heavy atom. The van der Waals surface area contributed by atoms with Crippen LogP contribution < -0.4 is 0 Å². The summed E-state index contributed by atoms with van der Waals surface area (Å²) >= 11 is 0. The highest BCUT2D eigenvalue weighted by Crippen LogP contribution is 2.34. The van der Waals surface area contributed by atoms with Crippen molar-refractivity contribution in [3.8, 4) is 0 Å². The first-order valence-electron chi connectivity index (χ1n) is 7.63. The maximum absolute atomic E-state index is 13.1. The van der Waals surface area contributed by atoms with Gasteiger partial charge in [0.15, 0.2) is 0 Å². The first-order chi connectivity index (χ1) is 9.52. The van der Waals surface area contributed by atoms with Gasteiger partial charge in [-0.05, 0) is 37.8 Å². The minimum absolute atomic E-state index is 0.0688. The van der Waals surface area contributed by atoms with Gasteiger partial charge in [-0.3, -0.25) is 9.36 Å². The van der Waals surface area contributed by atoms with E-state index in [-0.39, 0.29) is 11.3 Å². The molecule has 0 aliphatic carbocycles. The van der Waals surface area contributed by atoms with Gasteiger partial charge in [0.1, 0.15) is 0 Å². The van der Waals surface area contributed by atoms with Gasteiger partial charge in [0.05, 0.1) is 6.89 Å². The van der Waals surface area contributed by atoms with E-state index in [0.29, 0.717) is 6.17 Å². The van der Waals surface area contributed by atoms with E-state index in [1.54, 1.807) is 4.57 Å². The fraction of sp³-hybridized carbons (Fsp3) is 0.471. The van der Waals surface area contributed by atoms with E-state index >= 15 is 0 Å². The third-order valence-electron chi connectivity index (χ3n) is 4.52. The van der Waals surface area contributed by atoms with Gasteiger partial charge in [-0.2, -0.15) is 0 Å². The lowest BCUT2D eigenvalue weighted by Crippen LogP contribution is -2.33. The predicted octanol–water partition coefficient (Wildman–Crippen LogP) is 4.81. The van der Waals surface area contributed by atoms with Crippen molar-refractivity contribution in [3.63, 3.8) is 0 Å². The molecular formula is C17H23NO. The first kappa shape index (κ1) is 12.5. The van der Waals surface area contributed by atoms with Gasteiger partial charge < -0.3 is 0 Å². The lowest BCUT2D eigenvalue weighted by Gasteiger charge is -2.29. The topological polar surface area (TPSA) is 22.0 Å². The number of rotatable bonds is 4. The van der Waals surface area contributed by atoms with Crippen LogP contribution in [0.2, 0.25) is 0 Å². The zero-order valence-electron chi connectivity index (χ0n) is 13.3. The molecule has 1 aromatic heterocycles. The van der Waals surface area contributed by atoms with Crippen LogP contribution in [0.4, 0.5) is 0 Å². The number of nitrogens with zero attached hydrogens (tertiary/aromatic N) is 1. The standard InChI is InChI=1S/C17H23NO/c1-5-17(6-2,7-3)16(19)18-12-13(4)14-10-8-9-11-15(14)18/h8-12H,5-7H2,1-4H3/i12D. The number of para-hydroxylation sites is 1. The molecule has 0 bridgehead atoms. The van der Waals surface area contributed by atoms with Crippen LogP contribution in [-0.4, -0.2) is 10.5 Å². The summed E-state index contributed by atoms with van der Waals surface area (Å²) in [7, 11) is 0. The highest BCUT2D eigenvalue weighted by Gasteiger charge is 2.34. The highest BCUT2D eigenvalue weighted by atomic mass is 16.2. The van der Waals surface area contributed by atoms with Crippen LogP contribution in [0.5, 0.6) is 0 Å². The van der Waals surface area contributed by atoms with Crippen LogP contribution in [0.1, 0.15) is 51.8 Å². The van der Waals surface area contributed by atoms with Crippen molar-refractivity contribution in [1.82, 2.24) is 4.57 Å². The van der Waals surface area contributed by atoms with Crippen molar-refractivity contribution < 1.29 is 6.17 Å². The third-order valence-corrected chi connectivity index (χ3v) is 4.52. The Bertz CT molecular complexity index is 629. The molecule has 19 heavy (non-hydrogen) atoms. The Kier molecular flexibility index (Phi) is 3.41. The Morgan fingerprint density at radius 2 is 1.79 bits per heavy atom. The van der Waals surface area contributed by atoms with Crippen molar-refractivity contribution in [3.05, 3.63) is 36.0 Å². The molecule has 0 aliphatic rings. The molecule has 0 aliphatic heterocycles. The molecule has 2 aromatic rings. The minimum atomic E-state index is -0.357. The molecule has 0 saturated carbocycles. The molecule has 2 nitrogen and oxygen atoms in total. The molecule has 2 heteroatoms. The average molecular weight is 258 g/mol. The summed E-state index contributed by atoms with van der Waals surface area (Å²) in [6.07, 6.45) is 2.76. The zero-order valence-corrected chi connectivity index (χ0v) is 12.3. The second kappa shape index (κ2) is 5.20. The fourth-order valence-corrected chi connectivity index (χ4v) is 2.87. The first-order valence-corrected chi connectivity index (χ1v) is 7.13. The van der Waals surface area contributed by atoms with Crippen molar-refractivity contribution in [2.75, 3.05) is 0 Å². The minimum Gasteiger partial charge on any atom is -0.286 e. The molecule has 0 radical (unpaired) electrons. The number of hydrogen-bond acceptors (Lipinski definition) is 1. The second-order valence-electron chi connectivity index (χ2n) is 5.24. The number of benzene rings is 1. The van der Waals surface area contributed by atoms with Crippen LogP contribution in [0, 0.1) is 12.3 Å². The molecule has 0 amide bonds. The van der Waals surface area contributed by atoms with Crippen molar-refractivity contribution in [1.29, 1.82) is 0 Å². The van der Waals surface area contributed by atoms with Crippen LogP contribution in [-0.2, 0) is 0 Å². The van der Waals surface area contributed by atoms with Gasteiger partial charge >= 0.3 is 0 Å². The summed E-state index contributed by atoms with van der Waals surface area (Å²) in [5.41, 5.74) is 1.38. The summed E-state index contributed by atoms with van der Waals surface area (Å²) in [5, 5.41) is 1.00. The maximum Gasteiger partial charge on any atom is 0.237 e. The number of aryl methyl sites for hydroxylation is 1. The smallest absolute Gasteiger partial charge is 0.237 e. The van der Waals surface area contributed by atoms with Gasteiger partial charge in [0.25, 0.3) is 0 Å². The van der Waals surface area contributed by atoms with Crippen molar-refractivity contribution in [2.45, 2.75) is 47.0 Å². The van der Waals surface area contributed by atoms with Gasteiger partial charge in [-0.15, -0.1) is 0 Å².